The first-order chi connectivity index (χ1) is 10.2. The molecule has 2 heterocycles. The van der Waals surface area contributed by atoms with Crippen LogP contribution < -0.4 is 26.4 Å². The van der Waals surface area contributed by atoms with Crippen molar-refractivity contribution in [2.24, 2.45) is 5.84 Å². The van der Waals surface area contributed by atoms with Gasteiger partial charge in [0.2, 0.25) is 17.8 Å². The number of hydrazine groups is 1. The fourth-order valence-electron chi connectivity index (χ4n) is 1.73. The summed E-state index contributed by atoms with van der Waals surface area (Å²) in [6.45, 7) is 6.02. The molecule has 0 bridgehead atoms. The molecule has 0 aliphatic carbocycles. The number of H-pyrrole nitrogens is 1. The fourth-order valence-corrected chi connectivity index (χ4v) is 2.31. The topological polar surface area (TPSA) is 125 Å². The second-order valence-corrected chi connectivity index (χ2v) is 4.97. The number of nitrogens with one attached hydrogen (secondary N) is 3. The van der Waals surface area contributed by atoms with Gasteiger partial charge in [-0.2, -0.15) is 15.0 Å². The number of nitrogens with two attached hydrogens (primary N) is 1. The summed E-state index contributed by atoms with van der Waals surface area (Å²) in [5, 5.41) is 4.80. The molecule has 114 valence electrons. The van der Waals surface area contributed by atoms with Crippen LogP contribution in [0.1, 0.15) is 19.5 Å². The molecule has 0 radical (unpaired) electrons. The Bertz CT molecular complexity index is 635. The Balaban J connectivity index is 2.17. The van der Waals surface area contributed by atoms with Crippen LogP contribution in [0.2, 0.25) is 0 Å². The van der Waals surface area contributed by atoms with Gasteiger partial charge in [0, 0.05) is 24.2 Å². The molecule has 9 nitrogen and oxygen atoms in total. The van der Waals surface area contributed by atoms with Crippen molar-refractivity contribution in [1.82, 2.24) is 19.9 Å². The third-order valence-corrected chi connectivity index (χ3v) is 3.53. The van der Waals surface area contributed by atoms with E-state index >= 15 is 0 Å². The van der Waals surface area contributed by atoms with E-state index < -0.39 is 0 Å². The molecular weight excluding hydrogens is 292 g/mol. The molecule has 5 N–H and O–H groups in total. The van der Waals surface area contributed by atoms with Crippen LogP contribution in [-0.2, 0) is 6.54 Å². The zero-order chi connectivity index (χ0) is 15.2. The Kier molecular flexibility index (Phi) is 5.06. The number of aromatic nitrogens is 4. The molecule has 0 spiro atoms. The molecule has 10 heteroatoms. The lowest BCUT2D eigenvalue weighted by atomic mass is 10.5. The number of anilines is 3. The van der Waals surface area contributed by atoms with Crippen molar-refractivity contribution < 1.29 is 0 Å². The highest BCUT2D eigenvalue weighted by molar-refractivity contribution is 7.07. The van der Waals surface area contributed by atoms with E-state index in [1.165, 1.54) is 0 Å². The Labute approximate surface area is 125 Å². The number of nitrogen functional groups attached to an aromatic ring is 1. The lowest BCUT2D eigenvalue weighted by molar-refractivity contribution is 0.811. The van der Waals surface area contributed by atoms with Gasteiger partial charge in [0.15, 0.2) is 0 Å². The standard InChI is InChI=1S/C11H18N8OS/c1-3-19(4-2)10-16-8(15-9(17-10)18-12)13-5-7-6-21-11(20)14-7/h6H,3-5,12H2,1-2H3,(H,14,20)(H2,13,15,16,17,18). The summed E-state index contributed by atoms with van der Waals surface area (Å²) >= 11 is 1.12. The van der Waals surface area contributed by atoms with E-state index in [0.29, 0.717) is 18.4 Å². The monoisotopic (exact) mass is 310 g/mol. The molecule has 0 unspecified atom stereocenters. The largest absolute Gasteiger partial charge is 0.348 e. The Morgan fingerprint density at radius 2 is 2.00 bits per heavy atom. The van der Waals surface area contributed by atoms with Crippen LogP contribution in [0.15, 0.2) is 10.2 Å². The highest BCUT2D eigenvalue weighted by atomic mass is 32.1. The Morgan fingerprint density at radius 1 is 1.29 bits per heavy atom. The molecule has 2 aromatic heterocycles. The van der Waals surface area contributed by atoms with Gasteiger partial charge < -0.3 is 15.2 Å². The van der Waals surface area contributed by atoms with Gasteiger partial charge in [0.1, 0.15) is 0 Å². The number of nitrogens with zero attached hydrogens (tertiary/aromatic N) is 4. The van der Waals surface area contributed by atoms with Crippen molar-refractivity contribution >= 4 is 29.2 Å². The summed E-state index contributed by atoms with van der Waals surface area (Å²) in [5.41, 5.74) is 3.20. The van der Waals surface area contributed by atoms with Crippen molar-refractivity contribution in [3.8, 4) is 0 Å². The lowest BCUT2D eigenvalue weighted by Gasteiger charge is -2.19. The molecule has 2 aromatic rings. The summed E-state index contributed by atoms with van der Waals surface area (Å²) in [4.78, 5) is 28.4. The SMILES string of the molecule is CCN(CC)c1nc(NN)nc(NCc2csc(=O)[nH]2)n1. The average Bonchev–Trinajstić information content (AvgIpc) is 2.92. The van der Waals surface area contributed by atoms with Crippen LogP contribution in [-0.4, -0.2) is 33.0 Å². The minimum absolute atomic E-state index is 0.0874. The normalized spacial score (nSPS) is 10.4. The van der Waals surface area contributed by atoms with Gasteiger partial charge in [0.25, 0.3) is 0 Å². The van der Waals surface area contributed by atoms with Crippen LogP contribution >= 0.6 is 11.3 Å². The van der Waals surface area contributed by atoms with E-state index in [1.54, 1.807) is 5.38 Å². The Morgan fingerprint density at radius 3 is 2.57 bits per heavy atom. The summed E-state index contributed by atoms with van der Waals surface area (Å²) < 4.78 is 0. The third kappa shape index (κ3) is 3.89. The summed E-state index contributed by atoms with van der Waals surface area (Å²) in [5.74, 6) is 6.61. The first-order valence-electron chi connectivity index (χ1n) is 6.54. The van der Waals surface area contributed by atoms with Crippen LogP contribution in [0.5, 0.6) is 0 Å². The van der Waals surface area contributed by atoms with Gasteiger partial charge >= 0.3 is 4.87 Å². The van der Waals surface area contributed by atoms with Gasteiger partial charge in [-0.1, -0.05) is 11.3 Å². The molecule has 0 aliphatic heterocycles. The van der Waals surface area contributed by atoms with E-state index in [0.717, 1.165) is 30.1 Å². The van der Waals surface area contributed by atoms with Crippen LogP contribution in [0.4, 0.5) is 17.8 Å². The highest BCUT2D eigenvalue weighted by Crippen LogP contribution is 2.13. The third-order valence-electron chi connectivity index (χ3n) is 2.81. The molecule has 0 amide bonds. The molecule has 2 rings (SSSR count). The summed E-state index contributed by atoms with van der Waals surface area (Å²) in [6.07, 6.45) is 0. The van der Waals surface area contributed by atoms with Crippen molar-refractivity contribution in [3.63, 3.8) is 0 Å². The van der Waals surface area contributed by atoms with E-state index in [9.17, 15) is 4.79 Å². The maximum atomic E-state index is 11.1. The average molecular weight is 310 g/mol. The molecule has 0 fully saturated rings. The number of hydrogen-bond acceptors (Lipinski definition) is 9. The lowest BCUT2D eigenvalue weighted by Crippen LogP contribution is -2.26. The molecule has 0 saturated heterocycles. The minimum Gasteiger partial charge on any atom is -0.348 e. The van der Waals surface area contributed by atoms with Crippen molar-refractivity contribution in [2.45, 2.75) is 20.4 Å². The quantitative estimate of drug-likeness (QED) is 0.427. The highest BCUT2D eigenvalue weighted by Gasteiger charge is 2.10. The van der Waals surface area contributed by atoms with E-state index in [-0.39, 0.29) is 10.8 Å². The number of hydrogen-bond donors (Lipinski definition) is 4. The second kappa shape index (κ2) is 6.99. The zero-order valence-electron chi connectivity index (χ0n) is 11.9. The van der Waals surface area contributed by atoms with Crippen LogP contribution in [0.25, 0.3) is 0 Å². The Hall–Kier alpha value is -2.20. The number of thiazole rings is 1. The molecular formula is C11H18N8OS. The first-order valence-corrected chi connectivity index (χ1v) is 7.42. The minimum atomic E-state index is -0.0874. The van der Waals surface area contributed by atoms with Crippen molar-refractivity contribution in [1.29, 1.82) is 0 Å². The van der Waals surface area contributed by atoms with Crippen molar-refractivity contribution in [2.75, 3.05) is 28.7 Å². The first kappa shape index (κ1) is 15.2. The predicted octanol–water partition coefficient (Wildman–Crippen LogP) is 0.365. The van der Waals surface area contributed by atoms with Gasteiger partial charge in [-0.25, -0.2) is 5.84 Å². The van der Waals surface area contributed by atoms with Gasteiger partial charge in [-0.3, -0.25) is 10.2 Å². The van der Waals surface area contributed by atoms with Crippen LogP contribution in [0.3, 0.4) is 0 Å². The number of aromatic amines is 1. The molecule has 0 saturated carbocycles. The predicted molar refractivity (Wildman–Crippen MR) is 83.5 cm³/mol. The maximum Gasteiger partial charge on any atom is 0.304 e. The summed E-state index contributed by atoms with van der Waals surface area (Å²) in [6, 6.07) is 0. The van der Waals surface area contributed by atoms with E-state index in [4.69, 9.17) is 5.84 Å². The van der Waals surface area contributed by atoms with E-state index in [2.05, 4.69) is 30.7 Å². The summed E-state index contributed by atoms with van der Waals surface area (Å²) in [7, 11) is 0. The molecule has 0 aromatic carbocycles. The molecule has 0 atom stereocenters. The fraction of sp³-hybridized carbons (Fsp3) is 0.455. The van der Waals surface area contributed by atoms with Gasteiger partial charge in [-0.05, 0) is 13.8 Å². The maximum absolute atomic E-state index is 11.1. The smallest absolute Gasteiger partial charge is 0.304 e. The zero-order valence-corrected chi connectivity index (χ0v) is 12.7. The van der Waals surface area contributed by atoms with Gasteiger partial charge in [0.05, 0.1) is 6.54 Å². The van der Waals surface area contributed by atoms with Crippen LogP contribution in [0, 0.1) is 0 Å². The van der Waals surface area contributed by atoms with Gasteiger partial charge in [-0.15, -0.1) is 0 Å². The van der Waals surface area contributed by atoms with Crippen molar-refractivity contribution in [3.05, 3.63) is 20.7 Å². The second-order valence-electron chi connectivity index (χ2n) is 4.13. The molecule has 21 heavy (non-hydrogen) atoms. The molecule has 0 aliphatic rings. The van der Waals surface area contributed by atoms with E-state index in [1.807, 2.05) is 18.7 Å². The number of rotatable bonds is 7.